The summed E-state index contributed by atoms with van der Waals surface area (Å²) in [5.74, 6) is -2.58. The molecule has 4 nitrogen and oxygen atoms in total. The summed E-state index contributed by atoms with van der Waals surface area (Å²) in [6, 6.07) is 3.28. The first kappa shape index (κ1) is 17.8. The van der Waals surface area contributed by atoms with E-state index in [-0.39, 0.29) is 24.8 Å². The second-order valence-corrected chi connectivity index (χ2v) is 6.94. The molecule has 0 saturated heterocycles. The lowest BCUT2D eigenvalue weighted by molar-refractivity contribution is -0.0449. The third-order valence-electron chi connectivity index (χ3n) is 4.80. The van der Waals surface area contributed by atoms with Gasteiger partial charge in [0.05, 0.1) is 11.6 Å². The maximum Gasteiger partial charge on any atom is 0.248 e. The van der Waals surface area contributed by atoms with Gasteiger partial charge in [0.25, 0.3) is 0 Å². The minimum absolute atomic E-state index is 0.0709. The maximum absolute atomic E-state index is 14.4. The second kappa shape index (κ2) is 6.69. The van der Waals surface area contributed by atoms with Crippen LogP contribution in [0.15, 0.2) is 18.3 Å². The molecule has 2 aromatic heterocycles. The fourth-order valence-electron chi connectivity index (χ4n) is 3.26. The van der Waals surface area contributed by atoms with Crippen LogP contribution >= 0.6 is 0 Å². The molecule has 2 aromatic rings. The van der Waals surface area contributed by atoms with Gasteiger partial charge < -0.3 is 5.32 Å². The lowest BCUT2D eigenvalue weighted by Crippen LogP contribution is -2.26. The van der Waals surface area contributed by atoms with Crippen molar-refractivity contribution >= 4 is 5.82 Å². The minimum atomic E-state index is -2.58. The molecule has 0 aromatic carbocycles. The van der Waals surface area contributed by atoms with E-state index in [2.05, 4.69) is 15.4 Å². The van der Waals surface area contributed by atoms with Crippen molar-refractivity contribution in [3.05, 3.63) is 29.8 Å². The Morgan fingerprint density at radius 1 is 1.24 bits per heavy atom. The van der Waals surface area contributed by atoms with E-state index in [1.54, 1.807) is 23.9 Å². The zero-order valence-electron chi connectivity index (χ0n) is 14.7. The summed E-state index contributed by atoms with van der Waals surface area (Å²) >= 11 is 0. The molecule has 1 saturated carbocycles. The van der Waals surface area contributed by atoms with Gasteiger partial charge in [-0.3, -0.25) is 4.68 Å². The molecule has 7 heteroatoms. The number of hydrogen-bond acceptors (Lipinski definition) is 3. The average molecular weight is 352 g/mol. The molecule has 0 atom stereocenters. The van der Waals surface area contributed by atoms with Crippen LogP contribution in [0.25, 0.3) is 11.3 Å². The van der Waals surface area contributed by atoms with Crippen molar-refractivity contribution in [3.63, 3.8) is 0 Å². The predicted molar refractivity (Wildman–Crippen MR) is 91.5 cm³/mol. The molecule has 3 rings (SSSR count). The Labute approximate surface area is 145 Å². The van der Waals surface area contributed by atoms with Crippen molar-refractivity contribution < 1.29 is 13.2 Å². The zero-order chi connectivity index (χ0) is 18.2. The molecule has 25 heavy (non-hydrogen) atoms. The van der Waals surface area contributed by atoms with E-state index in [9.17, 15) is 13.2 Å². The van der Waals surface area contributed by atoms with Crippen LogP contribution in [0.4, 0.5) is 19.0 Å². The van der Waals surface area contributed by atoms with E-state index < -0.39 is 11.9 Å². The number of aromatic nitrogens is 3. The second-order valence-electron chi connectivity index (χ2n) is 6.94. The number of hydrogen-bond donors (Lipinski definition) is 1. The van der Waals surface area contributed by atoms with Gasteiger partial charge in [-0.15, -0.1) is 0 Å². The first-order valence-electron chi connectivity index (χ1n) is 8.62. The van der Waals surface area contributed by atoms with Crippen LogP contribution in [0.5, 0.6) is 0 Å². The van der Waals surface area contributed by atoms with Crippen molar-refractivity contribution in [2.45, 2.75) is 57.4 Å². The van der Waals surface area contributed by atoms with Crippen LogP contribution in [0, 0.1) is 5.95 Å². The molecule has 0 radical (unpaired) electrons. The summed E-state index contributed by atoms with van der Waals surface area (Å²) in [7, 11) is 1.68. The average Bonchev–Trinajstić information content (AvgIpc) is 2.99. The summed E-state index contributed by atoms with van der Waals surface area (Å²) in [6.45, 7) is 4.01. The van der Waals surface area contributed by atoms with E-state index in [1.807, 2.05) is 20.0 Å². The fourth-order valence-corrected chi connectivity index (χ4v) is 3.26. The summed E-state index contributed by atoms with van der Waals surface area (Å²) in [5.41, 5.74) is 1.78. The summed E-state index contributed by atoms with van der Waals surface area (Å²) < 4.78 is 43.0. The number of alkyl halides is 2. The van der Waals surface area contributed by atoms with Crippen LogP contribution in [-0.4, -0.2) is 27.7 Å². The van der Waals surface area contributed by atoms with E-state index >= 15 is 0 Å². The Morgan fingerprint density at radius 2 is 1.92 bits per heavy atom. The highest BCUT2D eigenvalue weighted by Gasteiger charge is 2.36. The Kier molecular flexibility index (Phi) is 4.75. The SMILES string of the molecule is CNc1ccc(-c2nn(C3CCC(F)(F)CC3)cc2C(C)C)c(F)n1. The fraction of sp³-hybridized carbons (Fsp3) is 0.556. The topological polar surface area (TPSA) is 42.7 Å². The van der Waals surface area contributed by atoms with Gasteiger partial charge in [0.15, 0.2) is 0 Å². The Balaban J connectivity index is 1.96. The number of anilines is 1. The van der Waals surface area contributed by atoms with E-state index in [4.69, 9.17) is 0 Å². The highest BCUT2D eigenvalue weighted by molar-refractivity contribution is 5.64. The third kappa shape index (κ3) is 3.65. The molecule has 136 valence electrons. The zero-order valence-corrected chi connectivity index (χ0v) is 14.7. The van der Waals surface area contributed by atoms with Crippen molar-refractivity contribution in [1.82, 2.24) is 14.8 Å². The molecule has 1 aliphatic rings. The van der Waals surface area contributed by atoms with Crippen molar-refractivity contribution in [3.8, 4) is 11.3 Å². The first-order chi connectivity index (χ1) is 11.8. The molecular formula is C18H23F3N4. The summed E-state index contributed by atoms with van der Waals surface area (Å²) in [6.07, 6.45) is 2.38. The van der Waals surface area contributed by atoms with Crippen LogP contribution < -0.4 is 5.32 Å². The smallest absolute Gasteiger partial charge is 0.248 e. The van der Waals surface area contributed by atoms with Gasteiger partial charge in [-0.1, -0.05) is 13.8 Å². The number of nitrogens with one attached hydrogen (secondary N) is 1. The molecular weight excluding hydrogens is 329 g/mol. The Bertz CT molecular complexity index is 745. The van der Waals surface area contributed by atoms with Crippen molar-refractivity contribution in [1.29, 1.82) is 0 Å². The molecule has 0 amide bonds. The van der Waals surface area contributed by atoms with Crippen molar-refractivity contribution in [2.75, 3.05) is 12.4 Å². The highest BCUT2D eigenvalue weighted by atomic mass is 19.3. The van der Waals surface area contributed by atoms with E-state index in [0.717, 1.165) is 5.56 Å². The summed E-state index contributed by atoms with van der Waals surface area (Å²) in [4.78, 5) is 3.88. The lowest BCUT2D eigenvalue weighted by atomic mass is 9.92. The predicted octanol–water partition coefficient (Wildman–Crippen LogP) is 5.00. The van der Waals surface area contributed by atoms with Crippen LogP contribution in [0.1, 0.15) is 57.1 Å². The maximum atomic E-state index is 14.4. The quantitative estimate of drug-likeness (QED) is 0.788. The molecule has 0 aliphatic heterocycles. The monoisotopic (exact) mass is 352 g/mol. The van der Waals surface area contributed by atoms with Gasteiger partial charge in [0.2, 0.25) is 11.9 Å². The van der Waals surface area contributed by atoms with Crippen molar-refractivity contribution in [2.24, 2.45) is 0 Å². The van der Waals surface area contributed by atoms with Gasteiger partial charge in [0, 0.05) is 31.6 Å². The van der Waals surface area contributed by atoms with E-state index in [1.165, 1.54) is 0 Å². The third-order valence-corrected chi connectivity index (χ3v) is 4.80. The van der Waals surface area contributed by atoms with Crippen LogP contribution in [0.3, 0.4) is 0 Å². The Morgan fingerprint density at radius 3 is 2.48 bits per heavy atom. The van der Waals surface area contributed by atoms with Crippen LogP contribution in [0.2, 0.25) is 0 Å². The molecule has 1 fully saturated rings. The number of rotatable bonds is 4. The standard InChI is InChI=1S/C18H23F3N4/c1-11(2)14-10-25(12-6-8-18(20,21)9-7-12)24-16(14)13-4-5-15(22-3)23-17(13)19/h4-5,10-12H,6-9H2,1-3H3,(H,22,23). The van der Waals surface area contributed by atoms with Crippen LogP contribution in [-0.2, 0) is 0 Å². The van der Waals surface area contributed by atoms with Gasteiger partial charge in [0.1, 0.15) is 11.5 Å². The van der Waals surface area contributed by atoms with Gasteiger partial charge >= 0.3 is 0 Å². The molecule has 1 aliphatic carbocycles. The summed E-state index contributed by atoms with van der Waals surface area (Å²) in [5, 5.41) is 7.36. The number of pyridine rings is 1. The first-order valence-corrected chi connectivity index (χ1v) is 8.62. The van der Waals surface area contributed by atoms with Gasteiger partial charge in [-0.05, 0) is 30.9 Å². The van der Waals surface area contributed by atoms with Gasteiger partial charge in [-0.25, -0.2) is 13.8 Å². The minimum Gasteiger partial charge on any atom is -0.373 e. The van der Waals surface area contributed by atoms with E-state index in [0.29, 0.717) is 29.9 Å². The molecule has 0 unspecified atom stereocenters. The lowest BCUT2D eigenvalue weighted by Gasteiger charge is -2.28. The molecule has 2 heterocycles. The number of halogens is 3. The Hall–Kier alpha value is -2.05. The molecule has 0 spiro atoms. The number of nitrogens with zero attached hydrogens (tertiary/aromatic N) is 3. The molecule has 0 bridgehead atoms. The highest BCUT2D eigenvalue weighted by Crippen LogP contribution is 2.39. The van der Waals surface area contributed by atoms with Gasteiger partial charge in [-0.2, -0.15) is 9.49 Å². The molecule has 1 N–H and O–H groups in total. The normalized spacial score (nSPS) is 17.9. The largest absolute Gasteiger partial charge is 0.373 e.